The Balaban J connectivity index is 1.77. The van der Waals surface area contributed by atoms with E-state index in [0.717, 1.165) is 4.47 Å². The van der Waals surface area contributed by atoms with E-state index in [4.69, 9.17) is 0 Å². The van der Waals surface area contributed by atoms with Crippen molar-refractivity contribution < 1.29 is 14.4 Å². The van der Waals surface area contributed by atoms with Gasteiger partial charge in [-0.3, -0.25) is 25.2 Å². The number of carbonyl (C=O) groups excluding carboxylic acids is 3. The quantitative estimate of drug-likeness (QED) is 0.709. The molecule has 118 valence electrons. The van der Waals surface area contributed by atoms with Crippen LogP contribution in [0.1, 0.15) is 20.7 Å². The third-order valence-corrected chi connectivity index (χ3v) is 3.34. The zero-order valence-electron chi connectivity index (χ0n) is 12.0. The van der Waals surface area contributed by atoms with Crippen molar-refractivity contribution in [3.05, 3.63) is 70.2 Å². The molecule has 0 bridgehead atoms. The smallest absolute Gasteiger partial charge is 0.269 e. The summed E-state index contributed by atoms with van der Waals surface area (Å²) in [5, 5.41) is 2.47. The zero-order chi connectivity index (χ0) is 16.7. The summed E-state index contributed by atoms with van der Waals surface area (Å²) in [6, 6.07) is 15.3. The fourth-order valence-electron chi connectivity index (χ4n) is 1.72. The summed E-state index contributed by atoms with van der Waals surface area (Å²) < 4.78 is 0.768. The van der Waals surface area contributed by atoms with Crippen LogP contribution in [-0.4, -0.2) is 24.3 Å². The maximum atomic E-state index is 11.9. The van der Waals surface area contributed by atoms with Gasteiger partial charge in [-0.15, -0.1) is 0 Å². The van der Waals surface area contributed by atoms with Gasteiger partial charge in [-0.2, -0.15) is 0 Å². The first-order chi connectivity index (χ1) is 11.1. The van der Waals surface area contributed by atoms with Gasteiger partial charge in [0.15, 0.2) is 0 Å². The number of carbonyl (C=O) groups is 3. The first kappa shape index (κ1) is 16.7. The molecule has 3 amide bonds. The van der Waals surface area contributed by atoms with Crippen LogP contribution < -0.4 is 16.2 Å². The van der Waals surface area contributed by atoms with Gasteiger partial charge in [0.25, 0.3) is 17.7 Å². The molecule has 2 rings (SSSR count). The van der Waals surface area contributed by atoms with Crippen molar-refractivity contribution in [2.75, 3.05) is 6.54 Å². The molecule has 0 saturated heterocycles. The van der Waals surface area contributed by atoms with Crippen LogP contribution in [0.15, 0.2) is 59.1 Å². The number of halogens is 1. The number of rotatable bonds is 4. The molecule has 0 unspecified atom stereocenters. The minimum Gasteiger partial charge on any atom is -0.343 e. The number of amides is 3. The van der Waals surface area contributed by atoms with E-state index < -0.39 is 11.8 Å². The van der Waals surface area contributed by atoms with E-state index in [9.17, 15) is 14.4 Å². The van der Waals surface area contributed by atoms with Crippen molar-refractivity contribution in [3.8, 4) is 0 Å². The van der Waals surface area contributed by atoms with Gasteiger partial charge in [0, 0.05) is 15.6 Å². The average Bonchev–Trinajstić information content (AvgIpc) is 2.58. The highest BCUT2D eigenvalue weighted by Gasteiger charge is 2.09. The fourth-order valence-corrected chi connectivity index (χ4v) is 2.12. The summed E-state index contributed by atoms with van der Waals surface area (Å²) in [6.07, 6.45) is 0. The molecular formula is C16H14BrN3O3. The molecule has 0 aromatic heterocycles. The van der Waals surface area contributed by atoms with Crippen molar-refractivity contribution >= 4 is 33.7 Å². The van der Waals surface area contributed by atoms with Gasteiger partial charge in [-0.05, 0) is 30.3 Å². The van der Waals surface area contributed by atoms with Gasteiger partial charge in [-0.1, -0.05) is 40.2 Å². The molecule has 2 aromatic carbocycles. The third-order valence-electron chi connectivity index (χ3n) is 2.85. The van der Waals surface area contributed by atoms with Gasteiger partial charge < -0.3 is 5.32 Å². The molecule has 0 aliphatic rings. The molecule has 0 atom stereocenters. The Hall–Kier alpha value is -2.67. The average molecular weight is 376 g/mol. The standard InChI is InChI=1S/C16H14BrN3O3/c17-13-8-4-7-12(9-13)15(22)18-10-14(21)19-20-16(23)11-5-2-1-3-6-11/h1-9H,10H2,(H,18,22)(H,19,21)(H,20,23). The van der Waals surface area contributed by atoms with Crippen LogP contribution in [0.3, 0.4) is 0 Å². The van der Waals surface area contributed by atoms with Gasteiger partial charge >= 0.3 is 0 Å². The Kier molecular flexibility index (Phi) is 5.87. The molecule has 0 spiro atoms. The van der Waals surface area contributed by atoms with E-state index in [1.54, 1.807) is 54.6 Å². The molecule has 0 saturated carbocycles. The summed E-state index contributed by atoms with van der Waals surface area (Å²) >= 11 is 3.27. The normalized spacial score (nSPS) is 9.78. The zero-order valence-corrected chi connectivity index (χ0v) is 13.6. The van der Waals surface area contributed by atoms with Crippen LogP contribution in [0.25, 0.3) is 0 Å². The summed E-state index contributed by atoms with van der Waals surface area (Å²) in [6.45, 7) is -0.250. The van der Waals surface area contributed by atoms with E-state index in [1.807, 2.05) is 0 Å². The highest BCUT2D eigenvalue weighted by Crippen LogP contribution is 2.11. The number of nitrogens with one attached hydrogen (secondary N) is 3. The summed E-state index contributed by atoms with van der Waals surface area (Å²) in [5.74, 6) is -1.34. The van der Waals surface area contributed by atoms with Crippen molar-refractivity contribution in [2.45, 2.75) is 0 Å². The van der Waals surface area contributed by atoms with Crippen LogP contribution in [0, 0.1) is 0 Å². The Bertz CT molecular complexity index is 720. The van der Waals surface area contributed by atoms with Crippen LogP contribution in [0.4, 0.5) is 0 Å². The van der Waals surface area contributed by atoms with Crippen LogP contribution in [-0.2, 0) is 4.79 Å². The lowest BCUT2D eigenvalue weighted by Gasteiger charge is -2.08. The SMILES string of the molecule is O=C(CNC(=O)c1cccc(Br)c1)NNC(=O)c1ccccc1. The predicted octanol–water partition coefficient (Wildman–Crippen LogP) is 1.64. The van der Waals surface area contributed by atoms with Crippen molar-refractivity contribution in [1.82, 2.24) is 16.2 Å². The first-order valence-electron chi connectivity index (χ1n) is 6.74. The predicted molar refractivity (Wildman–Crippen MR) is 88.5 cm³/mol. The Morgan fingerprint density at radius 3 is 2.22 bits per heavy atom. The van der Waals surface area contributed by atoms with E-state index in [1.165, 1.54) is 0 Å². The maximum Gasteiger partial charge on any atom is 0.269 e. The lowest BCUT2D eigenvalue weighted by molar-refractivity contribution is -0.120. The van der Waals surface area contributed by atoms with Crippen LogP contribution in [0.5, 0.6) is 0 Å². The van der Waals surface area contributed by atoms with Crippen molar-refractivity contribution in [3.63, 3.8) is 0 Å². The first-order valence-corrected chi connectivity index (χ1v) is 7.53. The highest BCUT2D eigenvalue weighted by molar-refractivity contribution is 9.10. The van der Waals surface area contributed by atoms with Gasteiger partial charge in [-0.25, -0.2) is 0 Å². The lowest BCUT2D eigenvalue weighted by atomic mass is 10.2. The van der Waals surface area contributed by atoms with E-state index in [0.29, 0.717) is 11.1 Å². The number of hydrogen-bond donors (Lipinski definition) is 3. The summed E-state index contributed by atoms with van der Waals surface area (Å²) in [5.41, 5.74) is 5.36. The monoisotopic (exact) mass is 375 g/mol. The largest absolute Gasteiger partial charge is 0.343 e. The molecule has 3 N–H and O–H groups in total. The molecule has 7 heteroatoms. The molecular weight excluding hydrogens is 362 g/mol. The molecule has 0 fully saturated rings. The number of hydrogen-bond acceptors (Lipinski definition) is 3. The highest BCUT2D eigenvalue weighted by atomic mass is 79.9. The van der Waals surface area contributed by atoms with Crippen molar-refractivity contribution in [1.29, 1.82) is 0 Å². The second-order valence-corrected chi connectivity index (χ2v) is 5.48. The van der Waals surface area contributed by atoms with Crippen LogP contribution in [0.2, 0.25) is 0 Å². The topological polar surface area (TPSA) is 87.3 Å². The van der Waals surface area contributed by atoms with Gasteiger partial charge in [0.1, 0.15) is 0 Å². The fraction of sp³-hybridized carbons (Fsp3) is 0.0625. The minimum absolute atomic E-state index is 0.250. The molecule has 23 heavy (non-hydrogen) atoms. The Morgan fingerprint density at radius 2 is 1.52 bits per heavy atom. The molecule has 0 radical (unpaired) electrons. The summed E-state index contributed by atoms with van der Waals surface area (Å²) in [7, 11) is 0. The van der Waals surface area contributed by atoms with E-state index >= 15 is 0 Å². The maximum absolute atomic E-state index is 11.9. The Labute approximate surface area is 141 Å². The summed E-state index contributed by atoms with van der Waals surface area (Å²) in [4.78, 5) is 35.2. The molecule has 0 aliphatic carbocycles. The molecule has 0 aliphatic heterocycles. The third kappa shape index (κ3) is 5.23. The van der Waals surface area contributed by atoms with Gasteiger partial charge in [0.2, 0.25) is 0 Å². The van der Waals surface area contributed by atoms with Gasteiger partial charge in [0.05, 0.1) is 6.54 Å². The van der Waals surface area contributed by atoms with Crippen molar-refractivity contribution in [2.24, 2.45) is 0 Å². The Morgan fingerprint density at radius 1 is 0.826 bits per heavy atom. The van der Waals surface area contributed by atoms with Crippen LogP contribution >= 0.6 is 15.9 Å². The van der Waals surface area contributed by atoms with E-state index in [-0.39, 0.29) is 12.5 Å². The minimum atomic E-state index is -0.530. The van der Waals surface area contributed by atoms with E-state index in [2.05, 4.69) is 32.1 Å². The lowest BCUT2D eigenvalue weighted by Crippen LogP contribution is -2.46. The molecule has 6 nitrogen and oxygen atoms in total. The number of hydrazine groups is 1. The molecule has 2 aromatic rings. The second kappa shape index (κ2) is 8.09. The second-order valence-electron chi connectivity index (χ2n) is 4.56. The number of benzene rings is 2. The molecule has 0 heterocycles.